The number of benzene rings is 3. The predicted molar refractivity (Wildman–Crippen MR) is 475 cm³/mol. The van der Waals surface area contributed by atoms with Gasteiger partial charge in [-0.15, -0.1) is 0 Å². The number of amides is 13. The highest BCUT2D eigenvalue weighted by atomic mass is 16.3. The highest BCUT2D eigenvalue weighted by molar-refractivity contribution is 6.41. The predicted octanol–water partition coefficient (Wildman–Crippen LogP) is 3.55. The molecule has 15 atom stereocenters. The van der Waals surface area contributed by atoms with Gasteiger partial charge in [0.05, 0.1) is 30.8 Å². The van der Waals surface area contributed by atoms with E-state index in [0.717, 1.165) is 43.0 Å². The van der Waals surface area contributed by atoms with E-state index in [1.165, 1.54) is 93.5 Å². The first-order valence-corrected chi connectivity index (χ1v) is 43.3. The fraction of sp³-hybridized carbons (Fsp3) is 0.582. The number of aliphatic hydroxyl groups excluding tert-OH is 1. The van der Waals surface area contributed by atoms with Crippen molar-refractivity contribution in [2.45, 2.75) is 291 Å². The number of para-hydroxylation sites is 1. The molecule has 13 amide bonds. The van der Waals surface area contributed by atoms with E-state index in [4.69, 9.17) is 5.73 Å². The topological polar surface area (TPSA) is 515 Å². The number of fused-ring (bicyclic) bond motifs is 1. The van der Waals surface area contributed by atoms with Crippen LogP contribution in [0.1, 0.15) is 205 Å². The summed E-state index contributed by atoms with van der Waals surface area (Å²) in [7, 11) is 3.36. The van der Waals surface area contributed by atoms with Crippen LogP contribution in [0, 0.1) is 23.7 Å². The number of rotatable bonds is 56. The largest absolute Gasteiger partial charge is 0.508 e. The van der Waals surface area contributed by atoms with Crippen LogP contribution in [0.15, 0.2) is 97.2 Å². The van der Waals surface area contributed by atoms with E-state index in [9.17, 15) is 72.5 Å². The zero-order valence-corrected chi connectivity index (χ0v) is 75.9. The van der Waals surface area contributed by atoms with Gasteiger partial charge in [0.15, 0.2) is 5.78 Å². The van der Waals surface area contributed by atoms with Crippen LogP contribution in [0.3, 0.4) is 0 Å². The molecular weight excluding hydrogens is 1610 g/mol. The molecule has 0 aliphatic rings. The van der Waals surface area contributed by atoms with Crippen LogP contribution in [0.2, 0.25) is 0 Å². The van der Waals surface area contributed by atoms with Crippen LogP contribution < -0.4 is 74.9 Å². The van der Waals surface area contributed by atoms with Gasteiger partial charge in [0.2, 0.25) is 88.4 Å². The molecule has 0 spiro atoms. The van der Waals surface area contributed by atoms with Crippen molar-refractivity contribution in [3.63, 3.8) is 0 Å². The number of hydrogen-bond acceptors (Lipinski definition) is 20. The van der Waals surface area contributed by atoms with Gasteiger partial charge in [0.1, 0.15) is 65.2 Å². The summed E-state index contributed by atoms with van der Waals surface area (Å²) in [6.45, 7) is 24.7. The maximum Gasteiger partial charge on any atom is 0.246 e. The van der Waals surface area contributed by atoms with E-state index in [1.54, 1.807) is 62.4 Å². The number of phenols is 1. The Morgan fingerprint density at radius 3 is 1.56 bits per heavy atom. The monoisotopic (exact) mass is 1740 g/mol. The van der Waals surface area contributed by atoms with Crippen LogP contribution in [-0.4, -0.2) is 225 Å². The Labute approximate surface area is 734 Å². The summed E-state index contributed by atoms with van der Waals surface area (Å²) in [6.07, 6.45) is 10.0. The van der Waals surface area contributed by atoms with Gasteiger partial charge in [0, 0.05) is 61.2 Å². The molecule has 4 aromatic rings. The summed E-state index contributed by atoms with van der Waals surface area (Å²) in [4.78, 5) is 227. The third-order valence-corrected chi connectivity index (χ3v) is 21.4. The van der Waals surface area contributed by atoms with Crippen molar-refractivity contribution in [3.05, 3.63) is 114 Å². The fourth-order valence-corrected chi connectivity index (χ4v) is 13.6. The summed E-state index contributed by atoms with van der Waals surface area (Å²) in [6, 6.07) is 7.11. The molecule has 4 rings (SSSR count). The standard InChI is InChI=1S/C91H138N16O18/c1-19-20-21-22-23-24-25-26-32-43-91(16,89(125)99-59(11)81(117)97-58(10)80(116)96-57(9)79(115)95-56(8)77(113)76(112)55(7)93-49-54(6)78(92)114)106-83(119)64(44-52(2)3)39-42-73(110)69(48-65-50-94-68-36-31-30-35-67(65)68)101-84(120)71(47-63-37-40-66(109)41-38-63)102-82(118)60(12)98-88(124)90(14,15)105-86(122)72(46-62-33-28-27-29-34-62)103-87(123)75(61(13)108)104-85(121)70(45-53(4)5)100-74(111)51-107(17)18/h24-25,27-31,33-38,40-41,50,52-61,64,69-72,75,93-94,108-109H,19-23,26,32,39,42-49,51H2,1-18H3,(H2,92,114)(H,95,115)(H,96,116)(H,97,117)(H,98,124)(H,99,125)(H,100,111)(H,101,120)(H,102,118)(H,103,123)(H,104,121)(H,105,122)(H,106,119)/b25-24+/t54-,55-,56-,57?,58-,59?,60?,61+,64-,69-,70-,71-,72-,75-,91-/m0/s1. The van der Waals surface area contributed by atoms with Gasteiger partial charge in [-0.05, 0) is 181 Å². The number of hydrogen-bond donors (Lipinski definition) is 17. The lowest BCUT2D eigenvalue weighted by atomic mass is 9.87. The van der Waals surface area contributed by atoms with Gasteiger partial charge >= 0.3 is 0 Å². The molecule has 0 aliphatic heterocycles. The zero-order valence-electron chi connectivity index (χ0n) is 75.9. The number of carbonyl (C=O) groups excluding carboxylic acids is 16. The van der Waals surface area contributed by atoms with Crippen molar-refractivity contribution in [3.8, 4) is 5.75 Å². The first-order valence-electron chi connectivity index (χ1n) is 43.3. The van der Waals surface area contributed by atoms with E-state index in [-0.39, 0.29) is 82.0 Å². The highest BCUT2D eigenvalue weighted by Crippen LogP contribution is 2.26. The van der Waals surface area contributed by atoms with Crippen molar-refractivity contribution in [2.75, 3.05) is 27.2 Å². The van der Waals surface area contributed by atoms with Crippen LogP contribution in [0.4, 0.5) is 0 Å². The Bertz CT molecular complexity index is 4340. The molecular formula is C91H138N16O18. The number of allylic oxidation sites excluding steroid dienone is 2. The Morgan fingerprint density at radius 2 is 0.992 bits per heavy atom. The lowest BCUT2D eigenvalue weighted by molar-refractivity contribution is -0.140. The number of Topliss-reactive ketones (excluding diaryl/α,β-unsaturated/α-hetero) is 3. The number of likely N-dealkylation sites (N-methyl/N-ethyl adjacent to an activating group) is 1. The molecule has 3 unspecified atom stereocenters. The van der Waals surface area contributed by atoms with Gasteiger partial charge in [0.25, 0.3) is 0 Å². The summed E-state index contributed by atoms with van der Waals surface area (Å²) in [5, 5.41) is 56.6. The van der Waals surface area contributed by atoms with Crippen molar-refractivity contribution in [2.24, 2.45) is 29.4 Å². The summed E-state index contributed by atoms with van der Waals surface area (Å²) < 4.78 is 0. The lowest BCUT2D eigenvalue weighted by Crippen LogP contribution is -2.64. The van der Waals surface area contributed by atoms with Gasteiger partial charge in [-0.3, -0.25) is 76.7 Å². The SMILES string of the molecule is CCCCCC/C=C/CCC[C@](C)(NC(=O)[C@@H](CCC(=O)[C@H](Cc1c[nH]c2ccccc12)NC(=O)[C@H](Cc1ccc(O)cc1)NC(=O)C(C)NC(=O)C(C)(C)NC(=O)[C@H](Cc1ccccc1)NC(=O)[C@@H](NC(=O)[C@H](CC(C)C)NC(=O)CN(C)C)[C@@H](C)O)CC(C)C)C(=O)NC(C)C(=O)N[C@@H](C)C(=O)NC(C)C(=O)N[C@@H](C)C(=O)C(=O)[C@H](C)NC[C@H](C)C(N)=O. The number of aromatic nitrogens is 1. The molecule has 34 heteroatoms. The fourth-order valence-electron chi connectivity index (χ4n) is 13.6. The number of aliphatic hydroxyl groups is 1. The molecule has 125 heavy (non-hydrogen) atoms. The number of unbranched alkanes of at least 4 members (excludes halogenated alkanes) is 5. The minimum Gasteiger partial charge on any atom is -0.508 e. The minimum atomic E-state index is -1.84. The number of nitrogens with one attached hydrogen (secondary N) is 14. The van der Waals surface area contributed by atoms with Crippen molar-refractivity contribution in [1.29, 1.82) is 0 Å². The average molecular weight is 1740 g/mol. The van der Waals surface area contributed by atoms with Crippen molar-refractivity contribution in [1.82, 2.24) is 79.0 Å². The molecule has 34 nitrogen and oxygen atoms in total. The highest BCUT2D eigenvalue weighted by Gasteiger charge is 2.42. The molecule has 0 saturated heterocycles. The lowest BCUT2D eigenvalue weighted by Gasteiger charge is -2.33. The van der Waals surface area contributed by atoms with Gasteiger partial charge in [-0.2, -0.15) is 0 Å². The number of aromatic hydroxyl groups is 1. The number of H-pyrrole nitrogens is 1. The Kier molecular flexibility index (Phi) is 44.0. The van der Waals surface area contributed by atoms with E-state index < -0.39 is 190 Å². The Hall–Kier alpha value is -11.3. The molecule has 690 valence electrons. The molecule has 3 aromatic carbocycles. The minimum absolute atomic E-state index is 0.0271. The van der Waals surface area contributed by atoms with E-state index in [2.05, 4.69) is 87.1 Å². The molecule has 1 aromatic heterocycles. The number of primary amides is 1. The second-order valence-electron chi connectivity index (χ2n) is 34.7. The maximum atomic E-state index is 15.2. The number of nitrogens with two attached hydrogens (primary N) is 1. The smallest absolute Gasteiger partial charge is 0.246 e. The first-order chi connectivity index (χ1) is 58.7. The molecule has 0 saturated carbocycles. The first kappa shape index (κ1) is 106. The normalized spacial score (nSPS) is 15.5. The van der Waals surface area contributed by atoms with Gasteiger partial charge in [-0.1, -0.05) is 134 Å². The quantitative estimate of drug-likeness (QED) is 0.0171. The number of carbonyl (C=O) groups is 16. The van der Waals surface area contributed by atoms with Gasteiger partial charge < -0.3 is 94.9 Å². The van der Waals surface area contributed by atoms with E-state index in [1.807, 2.05) is 58.0 Å². The number of aromatic amines is 1. The summed E-state index contributed by atoms with van der Waals surface area (Å²) in [5.41, 5.74) is 4.17. The molecule has 0 aliphatic carbocycles. The van der Waals surface area contributed by atoms with Crippen LogP contribution in [0.5, 0.6) is 5.75 Å². The molecule has 0 bridgehead atoms. The van der Waals surface area contributed by atoms with Crippen LogP contribution >= 0.6 is 0 Å². The number of phenolic OH excluding ortho intramolecular Hbond substituents is 1. The van der Waals surface area contributed by atoms with Crippen molar-refractivity contribution < 1.29 is 86.9 Å². The zero-order chi connectivity index (χ0) is 93.8. The van der Waals surface area contributed by atoms with E-state index in [0.29, 0.717) is 29.5 Å². The maximum absolute atomic E-state index is 15.2. The molecule has 0 radical (unpaired) electrons. The third kappa shape index (κ3) is 36.5. The Morgan fingerprint density at radius 1 is 0.488 bits per heavy atom. The molecule has 18 N–H and O–H groups in total. The number of nitrogens with zero attached hydrogens (tertiary/aromatic N) is 1. The van der Waals surface area contributed by atoms with Crippen LogP contribution in [0.25, 0.3) is 10.9 Å². The average Bonchev–Trinajstić information content (AvgIpc) is 1.78. The second kappa shape index (κ2) is 51.9. The molecule has 1 heterocycles. The summed E-state index contributed by atoms with van der Waals surface area (Å²) in [5.74, 6) is -14.2. The van der Waals surface area contributed by atoms with E-state index >= 15 is 14.4 Å². The van der Waals surface area contributed by atoms with Crippen LogP contribution in [-0.2, 0) is 96.0 Å². The van der Waals surface area contributed by atoms with Crippen molar-refractivity contribution >= 4 is 105 Å². The Balaban J connectivity index is 1.60. The number of ketones is 3. The summed E-state index contributed by atoms with van der Waals surface area (Å²) >= 11 is 0. The molecule has 0 fully saturated rings. The second-order valence-corrected chi connectivity index (χ2v) is 34.7. The van der Waals surface area contributed by atoms with Gasteiger partial charge in [-0.25, -0.2) is 0 Å². The third-order valence-electron chi connectivity index (χ3n) is 21.4.